The van der Waals surface area contributed by atoms with Crippen LogP contribution in [0.25, 0.3) is 0 Å². The summed E-state index contributed by atoms with van der Waals surface area (Å²) in [6.45, 7) is 5.46. The van der Waals surface area contributed by atoms with Crippen molar-refractivity contribution >= 4 is 35.2 Å². The fraction of sp³-hybridized carbons (Fsp3) is 0.286. The van der Waals surface area contributed by atoms with Gasteiger partial charge < -0.3 is 4.74 Å². The summed E-state index contributed by atoms with van der Waals surface area (Å²) in [7, 11) is 0. The Morgan fingerprint density at radius 3 is 2.61 bits per heavy atom. The predicted molar refractivity (Wildman–Crippen MR) is 90.8 cm³/mol. The van der Waals surface area contributed by atoms with Crippen LogP contribution in [0.15, 0.2) is 22.0 Å². The monoisotopic (exact) mass is 355 g/mol. The van der Waals surface area contributed by atoms with Crippen LogP contribution >= 0.6 is 23.2 Å². The maximum absolute atomic E-state index is 11.1. The Balaban J connectivity index is 2.17. The van der Waals surface area contributed by atoms with Crippen LogP contribution in [0.4, 0.5) is 5.82 Å². The maximum Gasteiger partial charge on any atom is 0.363 e. The molecule has 0 saturated carbocycles. The zero-order valence-electron chi connectivity index (χ0n) is 12.7. The van der Waals surface area contributed by atoms with E-state index in [-0.39, 0.29) is 11.9 Å². The van der Waals surface area contributed by atoms with Gasteiger partial charge in [0.15, 0.2) is 11.6 Å². The van der Waals surface area contributed by atoms with Gasteiger partial charge >= 0.3 is 5.69 Å². The highest BCUT2D eigenvalue weighted by Crippen LogP contribution is 2.34. The van der Waals surface area contributed by atoms with Crippen LogP contribution in [0.2, 0.25) is 10.0 Å². The van der Waals surface area contributed by atoms with Crippen LogP contribution < -0.4 is 15.9 Å². The van der Waals surface area contributed by atoms with E-state index in [9.17, 15) is 4.79 Å². The van der Waals surface area contributed by atoms with Gasteiger partial charge in [-0.05, 0) is 38.5 Å². The number of H-pyrrole nitrogens is 1. The molecule has 2 N–H and O–H groups in total. The molecule has 2 rings (SSSR count). The number of nitrogens with zero attached hydrogens (tertiary/aromatic N) is 3. The van der Waals surface area contributed by atoms with E-state index in [1.165, 1.54) is 6.21 Å². The van der Waals surface area contributed by atoms with Gasteiger partial charge in [-0.15, -0.1) is 0 Å². The molecule has 1 heterocycles. The second-order valence-corrected chi connectivity index (χ2v) is 5.74. The molecule has 0 fully saturated rings. The third-order valence-electron chi connectivity index (χ3n) is 2.63. The van der Waals surface area contributed by atoms with Crippen LogP contribution in [0.3, 0.4) is 0 Å². The minimum atomic E-state index is -0.561. The van der Waals surface area contributed by atoms with Crippen LogP contribution in [-0.2, 0) is 0 Å². The first-order valence-electron chi connectivity index (χ1n) is 6.75. The van der Waals surface area contributed by atoms with Gasteiger partial charge in [-0.3, -0.25) is 5.43 Å². The van der Waals surface area contributed by atoms with Crippen LogP contribution in [0.5, 0.6) is 5.75 Å². The average molecular weight is 356 g/mol. The lowest BCUT2D eigenvalue weighted by atomic mass is 10.2. The quantitative estimate of drug-likeness (QED) is 0.635. The second-order valence-electron chi connectivity index (χ2n) is 4.92. The molecule has 1 aromatic carbocycles. The zero-order chi connectivity index (χ0) is 17.0. The van der Waals surface area contributed by atoms with Crippen molar-refractivity contribution in [1.82, 2.24) is 15.2 Å². The van der Waals surface area contributed by atoms with Crippen molar-refractivity contribution < 1.29 is 4.74 Å². The molecular formula is C14H15Cl2N5O2. The Morgan fingerprint density at radius 1 is 1.35 bits per heavy atom. The first-order chi connectivity index (χ1) is 10.9. The van der Waals surface area contributed by atoms with Crippen LogP contribution in [0.1, 0.15) is 25.1 Å². The number of hydrogen-bond donors (Lipinski definition) is 2. The van der Waals surface area contributed by atoms with E-state index in [4.69, 9.17) is 27.9 Å². The number of halogens is 2. The third kappa shape index (κ3) is 4.67. The third-order valence-corrected chi connectivity index (χ3v) is 3.20. The molecule has 0 aliphatic carbocycles. The lowest BCUT2D eigenvalue weighted by Gasteiger charge is -2.13. The molecule has 23 heavy (non-hydrogen) atoms. The van der Waals surface area contributed by atoms with Gasteiger partial charge in [-0.2, -0.15) is 15.2 Å². The lowest BCUT2D eigenvalue weighted by Crippen LogP contribution is -2.15. The first kappa shape index (κ1) is 17.2. The van der Waals surface area contributed by atoms with Gasteiger partial charge in [-0.25, -0.2) is 9.89 Å². The minimum absolute atomic E-state index is 0.0381. The zero-order valence-corrected chi connectivity index (χ0v) is 14.2. The van der Waals surface area contributed by atoms with E-state index in [1.807, 2.05) is 13.8 Å². The second kappa shape index (κ2) is 7.43. The molecule has 0 unspecified atom stereocenters. The Morgan fingerprint density at radius 2 is 2.00 bits per heavy atom. The van der Waals surface area contributed by atoms with E-state index in [0.717, 1.165) is 0 Å². The van der Waals surface area contributed by atoms with Crippen molar-refractivity contribution in [2.24, 2.45) is 5.10 Å². The van der Waals surface area contributed by atoms with E-state index in [0.29, 0.717) is 27.1 Å². The summed E-state index contributed by atoms with van der Waals surface area (Å²) in [6, 6.07) is 3.35. The first-order valence-corrected chi connectivity index (χ1v) is 7.50. The fourth-order valence-corrected chi connectivity index (χ4v) is 2.26. The number of rotatable bonds is 5. The molecule has 0 amide bonds. The van der Waals surface area contributed by atoms with Gasteiger partial charge in [0.2, 0.25) is 0 Å². The number of hydrogen-bond acceptors (Lipinski definition) is 6. The Kier molecular flexibility index (Phi) is 5.57. The summed E-state index contributed by atoms with van der Waals surface area (Å²) in [4.78, 5) is 14.8. The molecule has 1 aromatic heterocycles. The highest BCUT2D eigenvalue weighted by atomic mass is 35.5. The van der Waals surface area contributed by atoms with Crippen LogP contribution in [0, 0.1) is 6.92 Å². The van der Waals surface area contributed by atoms with Crippen molar-refractivity contribution in [2.45, 2.75) is 26.9 Å². The van der Waals surface area contributed by atoms with Gasteiger partial charge in [0, 0.05) is 0 Å². The number of anilines is 1. The number of nitrogens with one attached hydrogen (secondary N) is 2. The summed E-state index contributed by atoms with van der Waals surface area (Å²) >= 11 is 12.3. The molecule has 0 atom stereocenters. The number of aromatic nitrogens is 3. The largest absolute Gasteiger partial charge is 0.488 e. The molecule has 0 aliphatic rings. The van der Waals surface area contributed by atoms with Gasteiger partial charge in [0.05, 0.1) is 22.4 Å². The van der Waals surface area contributed by atoms with Crippen LogP contribution in [-0.4, -0.2) is 27.5 Å². The van der Waals surface area contributed by atoms with Crippen molar-refractivity contribution in [2.75, 3.05) is 5.43 Å². The van der Waals surface area contributed by atoms with Gasteiger partial charge in [-0.1, -0.05) is 23.2 Å². The SMILES string of the molecule is Cc1n[nH]c(=O)nc1N/N=C/c1cc(Cl)c(OC(C)C)c(Cl)c1. The molecule has 9 heteroatoms. The fourth-order valence-electron chi connectivity index (χ4n) is 1.67. The number of benzene rings is 1. The molecule has 2 aromatic rings. The Bertz CT molecular complexity index is 766. The molecule has 0 radical (unpaired) electrons. The van der Waals surface area contributed by atoms with Gasteiger partial charge in [0.1, 0.15) is 5.69 Å². The summed E-state index contributed by atoms with van der Waals surface area (Å²) in [5, 5.41) is 10.8. The van der Waals surface area contributed by atoms with Crippen molar-refractivity contribution in [3.8, 4) is 5.75 Å². The molecule has 7 nitrogen and oxygen atoms in total. The lowest BCUT2D eigenvalue weighted by molar-refractivity contribution is 0.243. The highest BCUT2D eigenvalue weighted by Gasteiger charge is 2.10. The summed E-state index contributed by atoms with van der Waals surface area (Å²) in [5.41, 5.74) is 3.26. The van der Waals surface area contributed by atoms with E-state index < -0.39 is 5.69 Å². The molecule has 0 bridgehead atoms. The molecule has 122 valence electrons. The van der Waals surface area contributed by atoms with Crippen molar-refractivity contribution in [3.63, 3.8) is 0 Å². The molecule has 0 spiro atoms. The topological polar surface area (TPSA) is 92.3 Å². The molecule has 0 saturated heterocycles. The summed E-state index contributed by atoms with van der Waals surface area (Å²) in [5.74, 6) is 0.701. The van der Waals surface area contributed by atoms with E-state index >= 15 is 0 Å². The number of ether oxygens (including phenoxy) is 1. The van der Waals surface area contributed by atoms with Crippen molar-refractivity contribution in [1.29, 1.82) is 0 Å². The smallest absolute Gasteiger partial charge is 0.363 e. The minimum Gasteiger partial charge on any atom is -0.488 e. The Hall–Kier alpha value is -2.12. The Labute approximate surface area is 142 Å². The number of hydrazone groups is 1. The average Bonchev–Trinajstić information content (AvgIpc) is 2.46. The molecule has 0 aliphatic heterocycles. The van der Waals surface area contributed by atoms with E-state index in [1.54, 1.807) is 19.1 Å². The number of aromatic amines is 1. The van der Waals surface area contributed by atoms with Gasteiger partial charge in [0.25, 0.3) is 0 Å². The normalized spacial score (nSPS) is 11.2. The predicted octanol–water partition coefficient (Wildman–Crippen LogP) is 3.01. The maximum atomic E-state index is 11.1. The highest BCUT2D eigenvalue weighted by molar-refractivity contribution is 6.37. The van der Waals surface area contributed by atoms with Crippen molar-refractivity contribution in [3.05, 3.63) is 43.9 Å². The summed E-state index contributed by atoms with van der Waals surface area (Å²) in [6.07, 6.45) is 1.46. The molecular weight excluding hydrogens is 341 g/mol. The van der Waals surface area contributed by atoms with E-state index in [2.05, 4.69) is 25.7 Å². The number of aryl methyl sites for hydroxylation is 1. The summed E-state index contributed by atoms with van der Waals surface area (Å²) < 4.78 is 5.55. The standard InChI is InChI=1S/C14H15Cl2N5O2/c1-7(2)23-12-10(15)4-9(5-11(12)16)6-17-20-13-8(3)19-21-14(22)18-13/h4-7H,1-3H3,(H2,18,20,21,22)/b17-6+.